The lowest BCUT2D eigenvalue weighted by Crippen LogP contribution is -2.26. The number of nitrogens with zero attached hydrogens (tertiary/aromatic N) is 1. The van der Waals surface area contributed by atoms with Gasteiger partial charge in [-0.25, -0.2) is 0 Å². The van der Waals surface area contributed by atoms with Crippen LogP contribution in [-0.4, -0.2) is 26.0 Å². The summed E-state index contributed by atoms with van der Waals surface area (Å²) in [6.07, 6.45) is 0.429. The summed E-state index contributed by atoms with van der Waals surface area (Å²) in [7, 11) is 1.78. The predicted molar refractivity (Wildman–Crippen MR) is 37.2 cm³/mol. The third-order valence-corrected chi connectivity index (χ3v) is 0.967. The molecule has 10 heavy (non-hydrogen) atoms. The van der Waals surface area contributed by atoms with Gasteiger partial charge in [-0.2, -0.15) is 5.26 Å². The average Bonchev–Trinajstić information content (AvgIpc) is 1.97. The Morgan fingerprint density at radius 3 is 2.90 bits per heavy atom. The smallest absolute Gasteiger partial charge is 0.222 e. The van der Waals surface area contributed by atoms with Gasteiger partial charge in [0.2, 0.25) is 5.91 Å². The number of nitrogens with one attached hydrogen (secondary N) is 2. The van der Waals surface area contributed by atoms with Gasteiger partial charge in [0.15, 0.2) is 0 Å². The maximum absolute atomic E-state index is 10.7. The van der Waals surface area contributed by atoms with Crippen molar-refractivity contribution in [2.75, 3.05) is 20.1 Å². The van der Waals surface area contributed by atoms with E-state index in [1.807, 2.05) is 6.07 Å². The lowest BCUT2D eigenvalue weighted by atomic mass is 10.4. The van der Waals surface area contributed by atoms with E-state index in [9.17, 15) is 4.79 Å². The van der Waals surface area contributed by atoms with E-state index in [1.54, 1.807) is 7.05 Å². The molecule has 0 bridgehead atoms. The Hall–Kier alpha value is -1.08. The fourth-order valence-corrected chi connectivity index (χ4v) is 0.465. The Kier molecular flexibility index (Phi) is 5.39. The van der Waals surface area contributed by atoms with Gasteiger partial charge in [-0.1, -0.05) is 0 Å². The van der Waals surface area contributed by atoms with Gasteiger partial charge in [0, 0.05) is 13.0 Å². The number of carbonyl (C=O) groups is 1. The molecule has 0 aliphatic carbocycles. The van der Waals surface area contributed by atoms with Gasteiger partial charge in [0.25, 0.3) is 0 Å². The third-order valence-electron chi connectivity index (χ3n) is 0.967. The van der Waals surface area contributed by atoms with E-state index < -0.39 is 0 Å². The Morgan fingerprint density at radius 1 is 1.70 bits per heavy atom. The molecule has 1 amide bonds. The molecule has 0 unspecified atom stereocenters. The molecule has 0 fully saturated rings. The minimum Gasteiger partial charge on any atom is -0.343 e. The summed E-state index contributed by atoms with van der Waals surface area (Å²) in [5.41, 5.74) is 0. The molecule has 0 spiro atoms. The van der Waals surface area contributed by atoms with Crippen LogP contribution in [0, 0.1) is 11.3 Å². The molecule has 0 heterocycles. The zero-order chi connectivity index (χ0) is 7.82. The van der Waals surface area contributed by atoms with Crippen molar-refractivity contribution in [1.29, 1.82) is 5.26 Å². The molecule has 56 valence electrons. The second-order valence-electron chi connectivity index (χ2n) is 1.79. The van der Waals surface area contributed by atoms with Gasteiger partial charge < -0.3 is 10.6 Å². The van der Waals surface area contributed by atoms with Gasteiger partial charge in [0.1, 0.15) is 6.54 Å². The van der Waals surface area contributed by atoms with Crippen molar-refractivity contribution < 1.29 is 4.79 Å². The van der Waals surface area contributed by atoms with Crippen LogP contribution in [-0.2, 0) is 4.79 Å². The van der Waals surface area contributed by atoms with Crippen LogP contribution in [0.4, 0.5) is 0 Å². The van der Waals surface area contributed by atoms with Crippen molar-refractivity contribution in [3.63, 3.8) is 0 Å². The maximum Gasteiger partial charge on any atom is 0.222 e. The molecule has 0 aromatic carbocycles. The first-order valence-electron chi connectivity index (χ1n) is 3.09. The highest BCUT2D eigenvalue weighted by Gasteiger charge is 1.96. The number of hydrogen-bond acceptors (Lipinski definition) is 3. The van der Waals surface area contributed by atoms with Crippen molar-refractivity contribution >= 4 is 5.91 Å². The van der Waals surface area contributed by atoms with E-state index in [-0.39, 0.29) is 12.5 Å². The molecule has 0 aromatic rings. The first kappa shape index (κ1) is 8.92. The summed E-state index contributed by atoms with van der Waals surface area (Å²) in [4.78, 5) is 10.7. The van der Waals surface area contributed by atoms with E-state index >= 15 is 0 Å². The lowest BCUT2D eigenvalue weighted by molar-refractivity contribution is -0.120. The first-order chi connectivity index (χ1) is 4.81. The summed E-state index contributed by atoms with van der Waals surface area (Å²) in [5, 5.41) is 13.3. The van der Waals surface area contributed by atoms with Crippen molar-refractivity contribution in [2.24, 2.45) is 0 Å². The van der Waals surface area contributed by atoms with E-state index in [4.69, 9.17) is 5.26 Å². The molecule has 2 N–H and O–H groups in total. The molecule has 0 saturated heterocycles. The molecule has 4 heteroatoms. The summed E-state index contributed by atoms with van der Waals surface area (Å²) >= 11 is 0. The van der Waals surface area contributed by atoms with Gasteiger partial charge in [0.05, 0.1) is 6.07 Å². The minimum atomic E-state index is -0.0871. The van der Waals surface area contributed by atoms with Gasteiger partial charge in [-0.05, 0) is 7.05 Å². The zero-order valence-corrected chi connectivity index (χ0v) is 5.98. The highest BCUT2D eigenvalue weighted by atomic mass is 16.1. The number of hydrogen-bond donors (Lipinski definition) is 2. The van der Waals surface area contributed by atoms with Crippen LogP contribution in [0.2, 0.25) is 0 Å². The Balaban J connectivity index is 3.19. The van der Waals surface area contributed by atoms with Gasteiger partial charge in [-0.3, -0.25) is 4.79 Å². The molecule has 4 nitrogen and oxygen atoms in total. The lowest BCUT2D eigenvalue weighted by Gasteiger charge is -1.98. The Morgan fingerprint density at radius 2 is 2.40 bits per heavy atom. The molecular weight excluding hydrogens is 130 g/mol. The molecule has 0 rings (SSSR count). The quantitative estimate of drug-likeness (QED) is 0.505. The van der Waals surface area contributed by atoms with E-state index in [1.165, 1.54) is 0 Å². The van der Waals surface area contributed by atoms with Crippen LogP contribution >= 0.6 is 0 Å². The number of rotatable bonds is 4. The van der Waals surface area contributed by atoms with E-state index in [0.717, 1.165) is 0 Å². The van der Waals surface area contributed by atoms with Crippen molar-refractivity contribution in [3.05, 3.63) is 0 Å². The summed E-state index contributed by atoms with van der Waals surface area (Å²) in [6, 6.07) is 1.82. The first-order valence-corrected chi connectivity index (χ1v) is 3.09. The topological polar surface area (TPSA) is 64.9 Å². The molecular formula is C6H11N3O. The summed E-state index contributed by atoms with van der Waals surface area (Å²) < 4.78 is 0. The highest BCUT2D eigenvalue weighted by Crippen LogP contribution is 1.73. The number of amides is 1. The standard InChI is InChI=1S/C6H11N3O/c1-8-4-2-6(10)9-5-3-7/h8H,2,4-5H2,1H3,(H,9,10). The predicted octanol–water partition coefficient (Wildman–Crippen LogP) is -0.764. The van der Waals surface area contributed by atoms with Crippen LogP contribution in [0.1, 0.15) is 6.42 Å². The second kappa shape index (κ2) is 6.05. The van der Waals surface area contributed by atoms with Crippen LogP contribution in [0.15, 0.2) is 0 Å². The van der Waals surface area contributed by atoms with Crippen LogP contribution in [0.25, 0.3) is 0 Å². The van der Waals surface area contributed by atoms with Gasteiger partial charge >= 0.3 is 0 Å². The van der Waals surface area contributed by atoms with Crippen molar-refractivity contribution in [3.8, 4) is 6.07 Å². The fourth-order valence-electron chi connectivity index (χ4n) is 0.465. The number of carbonyl (C=O) groups excluding carboxylic acids is 1. The van der Waals surface area contributed by atoms with Gasteiger partial charge in [-0.15, -0.1) is 0 Å². The molecule has 0 aromatic heterocycles. The molecule has 0 radical (unpaired) electrons. The van der Waals surface area contributed by atoms with E-state index in [2.05, 4.69) is 10.6 Å². The SMILES string of the molecule is CNCCC(=O)NCC#N. The molecule has 0 aliphatic heterocycles. The molecule has 0 saturated carbocycles. The molecule has 0 atom stereocenters. The average molecular weight is 141 g/mol. The van der Waals surface area contributed by atoms with Crippen molar-refractivity contribution in [1.82, 2.24) is 10.6 Å². The second-order valence-corrected chi connectivity index (χ2v) is 1.79. The Bertz CT molecular complexity index is 138. The summed E-state index contributed by atoms with van der Waals surface area (Å²) in [6.45, 7) is 0.750. The normalized spacial score (nSPS) is 8.40. The fraction of sp³-hybridized carbons (Fsp3) is 0.667. The largest absolute Gasteiger partial charge is 0.343 e. The number of nitriles is 1. The maximum atomic E-state index is 10.7. The van der Waals surface area contributed by atoms with Crippen molar-refractivity contribution in [2.45, 2.75) is 6.42 Å². The third kappa shape index (κ3) is 5.06. The Labute approximate surface area is 60.2 Å². The minimum absolute atomic E-state index is 0.0871. The zero-order valence-electron chi connectivity index (χ0n) is 5.98. The monoisotopic (exact) mass is 141 g/mol. The van der Waals surface area contributed by atoms with Crippen LogP contribution < -0.4 is 10.6 Å². The summed E-state index contributed by atoms with van der Waals surface area (Å²) in [5.74, 6) is -0.0871. The van der Waals surface area contributed by atoms with Crippen LogP contribution in [0.5, 0.6) is 0 Å². The van der Waals surface area contributed by atoms with E-state index in [0.29, 0.717) is 13.0 Å². The molecule has 0 aliphatic rings. The van der Waals surface area contributed by atoms with Crippen LogP contribution in [0.3, 0.4) is 0 Å². The highest BCUT2D eigenvalue weighted by molar-refractivity contribution is 5.76.